The zero-order chi connectivity index (χ0) is 31.9. The maximum Gasteiger partial charge on any atom is 0.301 e. The first-order valence-corrected chi connectivity index (χ1v) is 20.8. The summed E-state index contributed by atoms with van der Waals surface area (Å²) in [7, 11) is -3.72. The maximum atomic E-state index is 11.9. The summed E-state index contributed by atoms with van der Waals surface area (Å²) in [5, 5.41) is 10.6. The number of aromatic nitrogens is 5. The number of benzene rings is 1. The third-order valence-corrected chi connectivity index (χ3v) is 10.2. The zero-order valence-electron chi connectivity index (χ0n) is 25.6. The van der Waals surface area contributed by atoms with E-state index < -0.39 is 36.1 Å². The van der Waals surface area contributed by atoms with E-state index in [1.54, 1.807) is 23.0 Å². The summed E-state index contributed by atoms with van der Waals surface area (Å²) < 4.78 is 40.5. The van der Waals surface area contributed by atoms with E-state index in [2.05, 4.69) is 40.2 Å². The average molecular weight is 673 g/mol. The molecule has 0 spiro atoms. The smallest absolute Gasteiger partial charge is 0.301 e. The Morgan fingerprint density at radius 2 is 1.80 bits per heavy atom. The van der Waals surface area contributed by atoms with Crippen molar-refractivity contribution in [3.63, 3.8) is 0 Å². The number of halogens is 1. The van der Waals surface area contributed by atoms with Crippen LogP contribution in [0.2, 0.25) is 30.7 Å². The molecule has 45 heavy (non-hydrogen) atoms. The maximum absolute atomic E-state index is 11.9. The van der Waals surface area contributed by atoms with Crippen LogP contribution in [0, 0.1) is 0 Å². The van der Waals surface area contributed by atoms with Crippen LogP contribution >= 0.6 is 11.6 Å². The first-order valence-electron chi connectivity index (χ1n) is 14.6. The summed E-state index contributed by atoms with van der Waals surface area (Å²) in [6.45, 7) is 8.19. The van der Waals surface area contributed by atoms with Crippen molar-refractivity contribution in [3.05, 3.63) is 47.7 Å². The molecule has 2 aliphatic rings. The molecule has 2 N–H and O–H groups in total. The number of hydrogen-bond donors (Lipinski definition) is 2. The summed E-state index contributed by atoms with van der Waals surface area (Å²) in [6.07, 6.45) is 2.72. The first kappa shape index (κ1) is 31.9. The molecule has 2 aliphatic heterocycles. The van der Waals surface area contributed by atoms with Crippen LogP contribution < -0.4 is 9.46 Å². The summed E-state index contributed by atoms with van der Waals surface area (Å²) in [6, 6.07) is 10.7. The largest absolute Gasteiger partial charge is 0.456 e. The van der Waals surface area contributed by atoms with Crippen LogP contribution in [-0.4, -0.2) is 98.3 Å². The lowest BCUT2D eigenvalue weighted by atomic mass is 10.1. The van der Waals surface area contributed by atoms with Crippen molar-refractivity contribution in [1.29, 1.82) is 0 Å². The predicted molar refractivity (Wildman–Crippen MR) is 178 cm³/mol. The van der Waals surface area contributed by atoms with E-state index in [-0.39, 0.29) is 26.0 Å². The highest BCUT2D eigenvalue weighted by atomic mass is 35.5. The first-order chi connectivity index (χ1) is 21.3. The van der Waals surface area contributed by atoms with Gasteiger partial charge in [0.2, 0.25) is 0 Å². The van der Waals surface area contributed by atoms with Crippen LogP contribution in [0.15, 0.2) is 42.7 Å². The molecule has 3 aromatic heterocycles. The molecule has 0 saturated carbocycles. The molecule has 6 rings (SSSR count). The Morgan fingerprint density at radius 1 is 1.11 bits per heavy atom. The fraction of sp³-hybridized carbons (Fsp3) is 0.433. The Bertz CT molecular complexity index is 1780. The highest BCUT2D eigenvalue weighted by molar-refractivity contribution is 8.00. The number of rotatable bonds is 11. The summed E-state index contributed by atoms with van der Waals surface area (Å²) in [5.74, 6) is 4.10. The molecule has 15 heteroatoms. The average Bonchev–Trinajstić information content (AvgIpc) is 3.65. The molecule has 0 radical (unpaired) electrons. The van der Waals surface area contributed by atoms with E-state index in [0.717, 1.165) is 17.2 Å². The lowest BCUT2D eigenvalue weighted by Gasteiger charge is -2.19. The van der Waals surface area contributed by atoms with Gasteiger partial charge in [-0.3, -0.25) is 4.57 Å². The number of aliphatic hydroxyl groups is 1. The van der Waals surface area contributed by atoms with E-state index in [1.807, 2.05) is 24.3 Å². The Morgan fingerprint density at radius 3 is 2.49 bits per heavy atom. The summed E-state index contributed by atoms with van der Waals surface area (Å²) in [4.78, 5) is 18.4. The van der Waals surface area contributed by atoms with Crippen molar-refractivity contribution in [2.45, 2.75) is 56.8 Å². The number of anilines is 1. The molecule has 5 heterocycles. The van der Waals surface area contributed by atoms with Crippen LogP contribution in [0.3, 0.4) is 0 Å². The number of imidazole rings is 1. The van der Waals surface area contributed by atoms with E-state index in [4.69, 9.17) is 40.5 Å². The molecule has 0 aliphatic carbocycles. The molecule has 2 fully saturated rings. The van der Waals surface area contributed by atoms with Gasteiger partial charge in [-0.25, -0.2) is 19.2 Å². The standard InChI is InChI=1S/C30H37ClN6O6SSi/c1-44(2,39)36-20-13-32-28(33-14-20)19-8-6-18(7-9-19)25-21(31)12-22-29(35-25)37(17-40-10-11-45(3,4)5)30(34-22)43-24-16-42-26-23(38)15-41-27(24)26/h6-9,12-14,23-24,26-27,38H,1,10-11,15-17H2,2-5H3,(H,36,39)/t23-,24-,26-,27-,44?/m1/s1. The van der Waals surface area contributed by atoms with E-state index >= 15 is 0 Å². The van der Waals surface area contributed by atoms with Gasteiger partial charge in [0.25, 0.3) is 0 Å². The molecule has 0 bridgehead atoms. The van der Waals surface area contributed by atoms with Gasteiger partial charge < -0.3 is 28.8 Å². The third-order valence-electron chi connectivity index (χ3n) is 7.50. The second kappa shape index (κ2) is 12.6. The molecule has 240 valence electrons. The van der Waals surface area contributed by atoms with Gasteiger partial charge in [0, 0.05) is 41.8 Å². The minimum absolute atomic E-state index is 0.192. The fourth-order valence-corrected chi connectivity index (χ4v) is 6.80. The van der Waals surface area contributed by atoms with E-state index in [1.165, 1.54) is 6.26 Å². The molecule has 5 atom stereocenters. The summed E-state index contributed by atoms with van der Waals surface area (Å²) >= 11 is 6.76. The Hall–Kier alpha value is -3.11. The molecule has 0 amide bonds. The highest BCUT2D eigenvalue weighted by Gasteiger charge is 2.49. The van der Waals surface area contributed by atoms with Crippen molar-refractivity contribution in [1.82, 2.24) is 24.5 Å². The van der Waals surface area contributed by atoms with Gasteiger partial charge in [0.15, 0.2) is 17.6 Å². The monoisotopic (exact) mass is 672 g/mol. The number of ether oxygens (including phenoxy) is 4. The van der Waals surface area contributed by atoms with Gasteiger partial charge >= 0.3 is 6.01 Å². The second-order valence-electron chi connectivity index (χ2n) is 12.6. The van der Waals surface area contributed by atoms with Gasteiger partial charge in [-0.15, -0.1) is 0 Å². The van der Waals surface area contributed by atoms with Crippen molar-refractivity contribution in [2.75, 3.05) is 30.8 Å². The lowest BCUT2D eigenvalue weighted by molar-refractivity contribution is 0.00336. The zero-order valence-corrected chi connectivity index (χ0v) is 28.2. The predicted octanol–water partition coefficient (Wildman–Crippen LogP) is 4.10. The molecular formula is C30H37ClN6O6SSi. The molecule has 12 nitrogen and oxygen atoms in total. The van der Waals surface area contributed by atoms with Gasteiger partial charge in [0.05, 0.1) is 42.0 Å². The molecule has 1 unspecified atom stereocenters. The van der Waals surface area contributed by atoms with Crippen LogP contribution in [0.25, 0.3) is 33.8 Å². The van der Waals surface area contributed by atoms with Crippen LogP contribution in [0.1, 0.15) is 0 Å². The normalized spacial score (nSPS) is 22.8. The topological polar surface area (TPSA) is 143 Å². The van der Waals surface area contributed by atoms with Crippen LogP contribution in [-0.2, 0) is 30.6 Å². The van der Waals surface area contributed by atoms with E-state index in [0.29, 0.717) is 46.0 Å². The van der Waals surface area contributed by atoms with Crippen molar-refractivity contribution in [3.8, 4) is 28.7 Å². The lowest BCUT2D eigenvalue weighted by Crippen LogP contribution is -2.35. The number of pyridine rings is 1. The van der Waals surface area contributed by atoms with E-state index in [9.17, 15) is 9.32 Å². The molecule has 4 aromatic rings. The van der Waals surface area contributed by atoms with Gasteiger partial charge in [0.1, 0.15) is 30.6 Å². The number of hydrogen-bond acceptors (Lipinski definition) is 10. The van der Waals surface area contributed by atoms with Gasteiger partial charge in [-0.05, 0) is 18.0 Å². The van der Waals surface area contributed by atoms with Gasteiger partial charge in [-0.2, -0.15) is 4.98 Å². The van der Waals surface area contributed by atoms with Crippen molar-refractivity contribution in [2.24, 2.45) is 0 Å². The third kappa shape index (κ3) is 7.32. The van der Waals surface area contributed by atoms with Crippen LogP contribution in [0.5, 0.6) is 6.01 Å². The van der Waals surface area contributed by atoms with Crippen molar-refractivity contribution < 1.29 is 28.3 Å². The Balaban J connectivity index is 1.28. The molecule has 2 saturated heterocycles. The Labute approximate surface area is 268 Å². The van der Waals surface area contributed by atoms with Gasteiger partial charge in [-0.1, -0.05) is 55.5 Å². The number of aliphatic hydroxyl groups excluding tert-OH is 1. The minimum Gasteiger partial charge on any atom is -0.456 e. The second-order valence-corrected chi connectivity index (χ2v) is 20.9. The number of fused-ring (bicyclic) bond motifs is 2. The molecular weight excluding hydrogens is 636 g/mol. The fourth-order valence-electron chi connectivity index (χ4n) is 5.18. The highest BCUT2D eigenvalue weighted by Crippen LogP contribution is 2.34. The van der Waals surface area contributed by atoms with Crippen LogP contribution in [0.4, 0.5) is 5.69 Å². The number of nitrogens with zero attached hydrogens (tertiary/aromatic N) is 5. The Kier molecular flexibility index (Phi) is 8.91. The summed E-state index contributed by atoms with van der Waals surface area (Å²) in [5.41, 5.74) is 3.82. The number of nitrogens with one attached hydrogen (secondary N) is 1. The van der Waals surface area contributed by atoms with Crippen molar-refractivity contribution >= 4 is 52.1 Å². The minimum atomic E-state index is -2.43. The SMILES string of the molecule is C=S(C)(=O)Nc1cnc(-c2ccc(-c3nc4c(cc3Cl)nc(O[C@@H]3CO[C@H]5[C@@H]3OC[C@H]5O)n4COCC[Si](C)(C)C)cc2)nc1. The quantitative estimate of drug-likeness (QED) is 0.136. The molecule has 1 aromatic carbocycles.